The molecule has 0 atom stereocenters. The molecule has 0 bridgehead atoms. The van der Waals surface area contributed by atoms with Crippen LogP contribution in [0.15, 0.2) is 34.9 Å². The molecule has 5 heteroatoms. The van der Waals surface area contributed by atoms with E-state index >= 15 is 0 Å². The minimum Gasteiger partial charge on any atom is -0.496 e. The number of anilines is 3. The van der Waals surface area contributed by atoms with Crippen LogP contribution >= 0.6 is 15.9 Å². The third-order valence-corrected chi connectivity index (χ3v) is 3.62. The summed E-state index contributed by atoms with van der Waals surface area (Å²) in [4.78, 5) is 6.34. The summed E-state index contributed by atoms with van der Waals surface area (Å²) < 4.78 is 6.13. The Balaban J connectivity index is 2.35. The molecule has 0 unspecified atom stereocenters. The Bertz CT molecular complexity index is 601. The summed E-state index contributed by atoms with van der Waals surface area (Å²) in [7, 11) is 3.61. The standard InChI is InChI=1S/C14H16BrN3O/c1-9-6-14(17-8-12(9)16)18(2)10-4-5-13(19-3)11(15)7-10/h4-8H,16H2,1-3H3. The molecule has 4 nitrogen and oxygen atoms in total. The van der Waals surface area contributed by atoms with Gasteiger partial charge in [-0.15, -0.1) is 0 Å². The van der Waals surface area contributed by atoms with Crippen molar-refractivity contribution in [1.29, 1.82) is 0 Å². The Morgan fingerprint density at radius 1 is 1.32 bits per heavy atom. The molecule has 1 aromatic heterocycles. The van der Waals surface area contributed by atoms with Crippen LogP contribution in [0.1, 0.15) is 5.56 Å². The third-order valence-electron chi connectivity index (χ3n) is 3.00. The summed E-state index contributed by atoms with van der Waals surface area (Å²) in [5, 5.41) is 0. The number of pyridine rings is 1. The first-order valence-corrected chi connectivity index (χ1v) is 6.61. The lowest BCUT2D eigenvalue weighted by Crippen LogP contribution is -2.11. The number of ether oxygens (including phenoxy) is 1. The number of aryl methyl sites for hydroxylation is 1. The minimum absolute atomic E-state index is 0.702. The highest BCUT2D eigenvalue weighted by atomic mass is 79.9. The number of hydrogen-bond acceptors (Lipinski definition) is 4. The van der Waals surface area contributed by atoms with Crippen LogP contribution in [0, 0.1) is 6.92 Å². The first kappa shape index (κ1) is 13.7. The predicted molar refractivity (Wildman–Crippen MR) is 82.1 cm³/mol. The van der Waals surface area contributed by atoms with Crippen molar-refractivity contribution in [3.8, 4) is 5.75 Å². The molecule has 0 fully saturated rings. The normalized spacial score (nSPS) is 10.3. The molecule has 1 aromatic carbocycles. The Labute approximate surface area is 121 Å². The number of benzene rings is 1. The van der Waals surface area contributed by atoms with Gasteiger partial charge in [0.25, 0.3) is 0 Å². The smallest absolute Gasteiger partial charge is 0.133 e. The highest BCUT2D eigenvalue weighted by molar-refractivity contribution is 9.10. The van der Waals surface area contributed by atoms with Crippen LogP contribution in [-0.2, 0) is 0 Å². The number of rotatable bonds is 3. The first-order chi connectivity index (χ1) is 9.02. The number of nitrogens with two attached hydrogens (primary N) is 1. The van der Waals surface area contributed by atoms with E-state index in [0.29, 0.717) is 5.69 Å². The summed E-state index contributed by atoms with van der Waals surface area (Å²) in [5.74, 6) is 1.65. The second kappa shape index (κ2) is 5.48. The number of halogens is 1. The predicted octanol–water partition coefficient (Wildman–Crippen LogP) is 3.51. The molecule has 0 aliphatic heterocycles. The zero-order chi connectivity index (χ0) is 14.0. The van der Waals surface area contributed by atoms with Crippen LogP contribution in [0.3, 0.4) is 0 Å². The van der Waals surface area contributed by atoms with Crippen molar-refractivity contribution < 1.29 is 4.74 Å². The zero-order valence-corrected chi connectivity index (χ0v) is 12.7. The van der Waals surface area contributed by atoms with Gasteiger partial charge in [-0.25, -0.2) is 4.98 Å². The van der Waals surface area contributed by atoms with Crippen molar-refractivity contribution in [2.45, 2.75) is 6.92 Å². The van der Waals surface area contributed by atoms with Crippen LogP contribution in [0.5, 0.6) is 5.75 Å². The van der Waals surface area contributed by atoms with E-state index in [1.165, 1.54) is 0 Å². The molecule has 0 saturated heterocycles. The Morgan fingerprint density at radius 2 is 2.05 bits per heavy atom. The lowest BCUT2D eigenvalue weighted by atomic mass is 10.2. The van der Waals surface area contributed by atoms with Crippen LogP contribution in [0.2, 0.25) is 0 Å². The van der Waals surface area contributed by atoms with Crippen LogP contribution in [-0.4, -0.2) is 19.1 Å². The largest absolute Gasteiger partial charge is 0.496 e. The summed E-state index contributed by atoms with van der Waals surface area (Å²) >= 11 is 3.48. The monoisotopic (exact) mass is 321 g/mol. The van der Waals surface area contributed by atoms with Gasteiger partial charge < -0.3 is 15.4 Å². The van der Waals surface area contributed by atoms with E-state index in [4.69, 9.17) is 10.5 Å². The molecular formula is C14H16BrN3O. The number of nitrogens with zero attached hydrogens (tertiary/aromatic N) is 2. The summed E-state index contributed by atoms with van der Waals surface area (Å²) in [6.07, 6.45) is 1.68. The van der Waals surface area contributed by atoms with Gasteiger partial charge in [0.2, 0.25) is 0 Å². The molecule has 0 saturated carbocycles. The van der Waals surface area contributed by atoms with E-state index in [9.17, 15) is 0 Å². The fraction of sp³-hybridized carbons (Fsp3) is 0.214. The van der Waals surface area contributed by atoms with Gasteiger partial charge in [0, 0.05) is 12.7 Å². The highest BCUT2D eigenvalue weighted by Gasteiger charge is 2.09. The number of aromatic nitrogens is 1. The Morgan fingerprint density at radius 3 is 2.63 bits per heavy atom. The maximum atomic E-state index is 5.78. The number of methoxy groups -OCH3 is 1. The second-order valence-electron chi connectivity index (χ2n) is 4.28. The van der Waals surface area contributed by atoms with Gasteiger partial charge in [-0.3, -0.25) is 0 Å². The van der Waals surface area contributed by atoms with E-state index in [1.807, 2.05) is 43.1 Å². The molecule has 0 amide bonds. The maximum absolute atomic E-state index is 5.78. The Hall–Kier alpha value is -1.75. The van der Waals surface area contributed by atoms with Gasteiger partial charge in [0.1, 0.15) is 11.6 Å². The van der Waals surface area contributed by atoms with Crippen molar-refractivity contribution in [2.75, 3.05) is 24.8 Å². The molecular weight excluding hydrogens is 306 g/mol. The van der Waals surface area contributed by atoms with E-state index in [0.717, 1.165) is 27.3 Å². The van der Waals surface area contributed by atoms with Crippen LogP contribution < -0.4 is 15.4 Å². The van der Waals surface area contributed by atoms with Crippen LogP contribution in [0.25, 0.3) is 0 Å². The molecule has 0 radical (unpaired) electrons. The number of nitrogen functional groups attached to an aromatic ring is 1. The SMILES string of the molecule is COc1ccc(N(C)c2cc(C)c(N)cn2)cc1Br. The average molecular weight is 322 g/mol. The lowest BCUT2D eigenvalue weighted by Gasteiger charge is -2.20. The van der Waals surface area contributed by atoms with Gasteiger partial charge in [-0.2, -0.15) is 0 Å². The summed E-state index contributed by atoms with van der Waals surface area (Å²) in [5.41, 5.74) is 8.52. The third kappa shape index (κ3) is 2.81. The van der Waals surface area contributed by atoms with Gasteiger partial charge in [-0.05, 0) is 52.7 Å². The van der Waals surface area contributed by atoms with Gasteiger partial charge in [0.05, 0.1) is 23.5 Å². The topological polar surface area (TPSA) is 51.4 Å². The van der Waals surface area contributed by atoms with Crippen molar-refractivity contribution in [3.05, 3.63) is 40.5 Å². The molecule has 0 aliphatic rings. The summed E-state index contributed by atoms with van der Waals surface area (Å²) in [6.45, 7) is 1.97. The van der Waals surface area contributed by atoms with E-state index in [1.54, 1.807) is 13.3 Å². The highest BCUT2D eigenvalue weighted by Crippen LogP contribution is 2.31. The van der Waals surface area contributed by atoms with Crippen molar-refractivity contribution in [3.63, 3.8) is 0 Å². The molecule has 2 aromatic rings. The molecule has 19 heavy (non-hydrogen) atoms. The lowest BCUT2D eigenvalue weighted by molar-refractivity contribution is 0.412. The zero-order valence-electron chi connectivity index (χ0n) is 11.1. The van der Waals surface area contributed by atoms with Gasteiger partial charge >= 0.3 is 0 Å². The molecule has 2 N–H and O–H groups in total. The van der Waals surface area contributed by atoms with Crippen molar-refractivity contribution in [2.24, 2.45) is 0 Å². The van der Waals surface area contributed by atoms with Crippen molar-refractivity contribution in [1.82, 2.24) is 4.98 Å². The fourth-order valence-corrected chi connectivity index (χ4v) is 2.26. The van der Waals surface area contributed by atoms with Crippen molar-refractivity contribution >= 4 is 33.1 Å². The minimum atomic E-state index is 0.702. The molecule has 2 rings (SSSR count). The first-order valence-electron chi connectivity index (χ1n) is 5.82. The molecule has 0 spiro atoms. The maximum Gasteiger partial charge on any atom is 0.133 e. The van der Waals surface area contributed by atoms with Crippen LogP contribution in [0.4, 0.5) is 17.2 Å². The molecule has 100 valence electrons. The average Bonchev–Trinajstić information content (AvgIpc) is 2.41. The van der Waals surface area contributed by atoms with Gasteiger partial charge in [0.15, 0.2) is 0 Å². The molecule has 1 heterocycles. The second-order valence-corrected chi connectivity index (χ2v) is 5.13. The van der Waals surface area contributed by atoms with Gasteiger partial charge in [-0.1, -0.05) is 0 Å². The van der Waals surface area contributed by atoms with E-state index in [2.05, 4.69) is 20.9 Å². The number of hydrogen-bond donors (Lipinski definition) is 1. The van der Waals surface area contributed by atoms with E-state index < -0.39 is 0 Å². The quantitative estimate of drug-likeness (QED) is 0.939. The Kier molecular flexibility index (Phi) is 3.95. The van der Waals surface area contributed by atoms with E-state index in [-0.39, 0.29) is 0 Å². The summed E-state index contributed by atoms with van der Waals surface area (Å²) in [6, 6.07) is 7.86. The fourth-order valence-electron chi connectivity index (χ4n) is 1.73. The molecule has 0 aliphatic carbocycles.